The summed E-state index contributed by atoms with van der Waals surface area (Å²) in [5.74, 6) is 0. The van der Waals surface area contributed by atoms with Crippen LogP contribution < -0.4 is 0 Å². The maximum atomic E-state index is 11.7. The average Bonchev–Trinajstić information content (AvgIpc) is 2.31. The molecule has 0 bridgehead atoms. The van der Waals surface area contributed by atoms with Gasteiger partial charge in [0, 0.05) is 11.3 Å². The van der Waals surface area contributed by atoms with Gasteiger partial charge in [-0.1, -0.05) is 60.3 Å². The highest BCUT2D eigenvalue weighted by Gasteiger charge is 2.05. The third kappa shape index (κ3) is 3.24. The number of rotatable bonds is 3. The predicted molar refractivity (Wildman–Crippen MR) is 67.5 cm³/mol. The largest absolute Gasteiger partial charge is 0.286 e. The minimum absolute atomic E-state index is 0.178. The molecule has 0 saturated carbocycles. The number of hydrogen-bond acceptors (Lipinski definition) is 2. The van der Waals surface area contributed by atoms with Crippen LogP contribution in [0.3, 0.4) is 0 Å². The Bertz CT molecular complexity index is 407. The third-order valence-corrected chi connectivity index (χ3v) is 3.05. The highest BCUT2D eigenvalue weighted by Crippen LogP contribution is 2.19. The van der Waals surface area contributed by atoms with E-state index in [1.165, 1.54) is 11.8 Å². The van der Waals surface area contributed by atoms with Gasteiger partial charge in [0.2, 0.25) is 0 Å². The summed E-state index contributed by atoms with van der Waals surface area (Å²) < 4.78 is 0. The molecule has 0 fully saturated rings. The smallest absolute Gasteiger partial charge is 0.198 e. The molecule has 0 saturated heterocycles. The maximum absolute atomic E-state index is 11.7. The lowest BCUT2D eigenvalue weighted by Gasteiger charge is -2.00. The molecular formula is C14H12OS. The molecule has 1 nitrogen and oxygen atoms in total. The van der Waals surface area contributed by atoms with Crippen LogP contribution in [0, 0.1) is 0 Å². The summed E-state index contributed by atoms with van der Waals surface area (Å²) in [7, 11) is 0. The van der Waals surface area contributed by atoms with Crippen molar-refractivity contribution >= 4 is 16.9 Å². The van der Waals surface area contributed by atoms with Crippen LogP contribution in [-0.4, -0.2) is 5.12 Å². The molecule has 0 aliphatic rings. The van der Waals surface area contributed by atoms with Crippen LogP contribution in [0.25, 0.3) is 0 Å². The zero-order chi connectivity index (χ0) is 11.2. The fourth-order valence-electron chi connectivity index (χ4n) is 1.42. The minimum Gasteiger partial charge on any atom is -0.286 e. The lowest BCUT2D eigenvalue weighted by molar-refractivity contribution is -0.110. The fraction of sp³-hybridized carbons (Fsp3) is 0.0714. The molecule has 0 aliphatic heterocycles. The Morgan fingerprint density at radius 3 is 2.06 bits per heavy atom. The molecule has 0 atom stereocenters. The standard InChI is InChI=1S/C14H12OS/c15-14(11-12-7-3-1-4-8-12)16-13-9-5-2-6-10-13/h1-10H,11H2. The van der Waals surface area contributed by atoms with E-state index in [0.29, 0.717) is 6.42 Å². The van der Waals surface area contributed by atoms with E-state index in [4.69, 9.17) is 0 Å². The third-order valence-electron chi connectivity index (χ3n) is 2.17. The Kier molecular flexibility index (Phi) is 3.78. The summed E-state index contributed by atoms with van der Waals surface area (Å²) in [6, 6.07) is 19.6. The van der Waals surface area contributed by atoms with E-state index in [-0.39, 0.29) is 5.12 Å². The Morgan fingerprint density at radius 1 is 0.875 bits per heavy atom. The van der Waals surface area contributed by atoms with E-state index in [0.717, 1.165) is 10.5 Å². The summed E-state index contributed by atoms with van der Waals surface area (Å²) in [5, 5.41) is 0.178. The van der Waals surface area contributed by atoms with Crippen LogP contribution in [0.5, 0.6) is 0 Å². The lowest BCUT2D eigenvalue weighted by Crippen LogP contribution is -1.96. The maximum Gasteiger partial charge on any atom is 0.198 e. The van der Waals surface area contributed by atoms with Crippen molar-refractivity contribution in [3.63, 3.8) is 0 Å². The summed E-state index contributed by atoms with van der Waals surface area (Å²) in [6.07, 6.45) is 0.487. The van der Waals surface area contributed by atoms with Crippen molar-refractivity contribution in [1.29, 1.82) is 0 Å². The van der Waals surface area contributed by atoms with Crippen molar-refractivity contribution in [2.75, 3.05) is 0 Å². The van der Waals surface area contributed by atoms with E-state index in [9.17, 15) is 4.79 Å². The van der Waals surface area contributed by atoms with Crippen LogP contribution in [-0.2, 0) is 11.2 Å². The van der Waals surface area contributed by atoms with Gasteiger partial charge in [-0.05, 0) is 17.7 Å². The number of carbonyl (C=O) groups is 1. The van der Waals surface area contributed by atoms with Gasteiger partial charge in [0.25, 0.3) is 0 Å². The molecular weight excluding hydrogens is 216 g/mol. The quantitative estimate of drug-likeness (QED) is 0.747. The Balaban J connectivity index is 1.95. The normalized spacial score (nSPS) is 10.0. The molecule has 2 rings (SSSR count). The molecule has 0 amide bonds. The second kappa shape index (κ2) is 5.52. The van der Waals surface area contributed by atoms with E-state index in [2.05, 4.69) is 0 Å². The van der Waals surface area contributed by atoms with Gasteiger partial charge in [-0.2, -0.15) is 0 Å². The molecule has 0 N–H and O–H groups in total. The zero-order valence-corrected chi connectivity index (χ0v) is 9.61. The predicted octanol–water partition coefficient (Wildman–Crippen LogP) is 3.55. The van der Waals surface area contributed by atoms with Gasteiger partial charge >= 0.3 is 0 Å². The molecule has 16 heavy (non-hydrogen) atoms. The van der Waals surface area contributed by atoms with Crippen molar-refractivity contribution in [3.05, 3.63) is 66.2 Å². The van der Waals surface area contributed by atoms with Gasteiger partial charge in [-0.15, -0.1) is 0 Å². The first-order valence-electron chi connectivity index (χ1n) is 5.14. The summed E-state index contributed by atoms with van der Waals surface area (Å²) >= 11 is 1.30. The van der Waals surface area contributed by atoms with Crippen LogP contribution in [0.1, 0.15) is 5.56 Å². The zero-order valence-electron chi connectivity index (χ0n) is 8.80. The Morgan fingerprint density at radius 2 is 1.44 bits per heavy atom. The van der Waals surface area contributed by atoms with Crippen molar-refractivity contribution in [3.8, 4) is 0 Å². The van der Waals surface area contributed by atoms with Gasteiger partial charge in [0.1, 0.15) is 0 Å². The van der Waals surface area contributed by atoms with E-state index < -0.39 is 0 Å². The lowest BCUT2D eigenvalue weighted by atomic mass is 10.2. The van der Waals surface area contributed by atoms with Crippen molar-refractivity contribution in [2.45, 2.75) is 11.3 Å². The topological polar surface area (TPSA) is 17.1 Å². The first-order valence-corrected chi connectivity index (χ1v) is 5.96. The number of benzene rings is 2. The molecule has 80 valence electrons. The molecule has 0 unspecified atom stereocenters. The molecule has 0 aromatic heterocycles. The second-order valence-electron chi connectivity index (χ2n) is 3.45. The fourth-order valence-corrected chi connectivity index (χ4v) is 2.21. The molecule has 0 spiro atoms. The number of carbonyl (C=O) groups excluding carboxylic acids is 1. The first kappa shape index (κ1) is 11.0. The van der Waals surface area contributed by atoms with Gasteiger partial charge in [-0.3, -0.25) is 4.79 Å². The summed E-state index contributed by atoms with van der Waals surface area (Å²) in [4.78, 5) is 12.7. The van der Waals surface area contributed by atoms with Gasteiger partial charge in [0.05, 0.1) is 0 Å². The van der Waals surface area contributed by atoms with E-state index >= 15 is 0 Å². The second-order valence-corrected chi connectivity index (χ2v) is 4.58. The molecule has 0 heterocycles. The number of thioether (sulfide) groups is 1. The number of hydrogen-bond donors (Lipinski definition) is 0. The minimum atomic E-state index is 0.178. The summed E-state index contributed by atoms with van der Waals surface area (Å²) in [5.41, 5.74) is 1.07. The van der Waals surface area contributed by atoms with E-state index in [1.807, 2.05) is 60.7 Å². The van der Waals surface area contributed by atoms with E-state index in [1.54, 1.807) is 0 Å². The monoisotopic (exact) mass is 228 g/mol. The van der Waals surface area contributed by atoms with Crippen molar-refractivity contribution < 1.29 is 4.79 Å². The Labute approximate surface area is 99.5 Å². The molecule has 2 heteroatoms. The summed E-state index contributed by atoms with van der Waals surface area (Å²) in [6.45, 7) is 0. The van der Waals surface area contributed by atoms with Crippen molar-refractivity contribution in [2.24, 2.45) is 0 Å². The van der Waals surface area contributed by atoms with Gasteiger partial charge < -0.3 is 0 Å². The van der Waals surface area contributed by atoms with Crippen molar-refractivity contribution in [1.82, 2.24) is 0 Å². The van der Waals surface area contributed by atoms with Crippen LogP contribution in [0.15, 0.2) is 65.6 Å². The SMILES string of the molecule is O=C(Cc1ccccc1)Sc1ccccc1. The molecule has 2 aromatic carbocycles. The van der Waals surface area contributed by atoms with Crippen LogP contribution in [0.4, 0.5) is 0 Å². The molecule has 0 radical (unpaired) electrons. The van der Waals surface area contributed by atoms with Crippen LogP contribution >= 0.6 is 11.8 Å². The molecule has 2 aromatic rings. The van der Waals surface area contributed by atoms with Gasteiger partial charge in [-0.25, -0.2) is 0 Å². The average molecular weight is 228 g/mol. The first-order chi connectivity index (χ1) is 7.84. The van der Waals surface area contributed by atoms with Gasteiger partial charge in [0.15, 0.2) is 5.12 Å². The highest BCUT2D eigenvalue weighted by molar-refractivity contribution is 8.13. The van der Waals surface area contributed by atoms with Crippen LogP contribution in [0.2, 0.25) is 0 Å². The highest BCUT2D eigenvalue weighted by atomic mass is 32.2. The molecule has 0 aliphatic carbocycles. The Hall–Kier alpha value is -1.54.